The topological polar surface area (TPSA) is 42.5 Å². The molecule has 0 aliphatic carbocycles. The van der Waals surface area contributed by atoms with Crippen LogP contribution in [0.2, 0.25) is 0 Å². The van der Waals surface area contributed by atoms with Crippen LogP contribution in [0.3, 0.4) is 0 Å². The quantitative estimate of drug-likeness (QED) is 0.671. The van der Waals surface area contributed by atoms with Gasteiger partial charge in [0.1, 0.15) is 11.5 Å². The lowest BCUT2D eigenvalue weighted by Gasteiger charge is -2.10. The highest BCUT2D eigenvalue weighted by Gasteiger charge is 2.01. The third kappa shape index (κ3) is 6.45. The summed E-state index contributed by atoms with van der Waals surface area (Å²) in [5.41, 5.74) is 1.17. The minimum Gasteiger partial charge on any atom is -0.497 e. The molecule has 0 saturated carbocycles. The van der Waals surface area contributed by atoms with Crippen LogP contribution in [0.5, 0.6) is 11.5 Å². The molecule has 0 radical (unpaired) electrons. The Kier molecular flexibility index (Phi) is 7.30. The van der Waals surface area contributed by atoms with E-state index in [9.17, 15) is 0 Å². The van der Waals surface area contributed by atoms with Gasteiger partial charge in [-0.15, -0.1) is 0 Å². The summed E-state index contributed by atoms with van der Waals surface area (Å²) in [6, 6.07) is 5.93. The van der Waals surface area contributed by atoms with Crippen molar-refractivity contribution in [2.45, 2.75) is 20.4 Å². The largest absolute Gasteiger partial charge is 0.497 e. The monoisotopic (exact) mass is 266 g/mol. The lowest BCUT2D eigenvalue weighted by Crippen LogP contribution is -2.29. The number of rotatable bonds is 9. The third-order valence-corrected chi connectivity index (χ3v) is 2.77. The molecule has 4 heteroatoms. The molecule has 4 nitrogen and oxygen atoms in total. The van der Waals surface area contributed by atoms with Crippen LogP contribution in [0, 0.1) is 5.92 Å². The van der Waals surface area contributed by atoms with Crippen LogP contribution in [0.4, 0.5) is 0 Å². The second-order valence-electron chi connectivity index (χ2n) is 5.00. The molecule has 0 atom stereocenters. The average molecular weight is 266 g/mol. The average Bonchev–Trinajstić information content (AvgIpc) is 2.41. The van der Waals surface area contributed by atoms with Crippen LogP contribution in [0.1, 0.15) is 19.4 Å². The maximum absolute atomic E-state index is 5.25. The fourth-order valence-electron chi connectivity index (χ4n) is 1.77. The van der Waals surface area contributed by atoms with E-state index in [0.717, 1.165) is 37.7 Å². The zero-order chi connectivity index (χ0) is 14.1. The summed E-state index contributed by atoms with van der Waals surface area (Å²) >= 11 is 0. The minimum absolute atomic E-state index is 0.697. The highest BCUT2D eigenvalue weighted by molar-refractivity contribution is 5.38. The molecule has 0 bridgehead atoms. The van der Waals surface area contributed by atoms with E-state index in [1.165, 1.54) is 5.56 Å². The first kappa shape index (κ1) is 15.8. The van der Waals surface area contributed by atoms with Crippen LogP contribution in [0.15, 0.2) is 18.2 Å². The van der Waals surface area contributed by atoms with Crippen molar-refractivity contribution < 1.29 is 9.47 Å². The molecule has 0 fully saturated rings. The molecular weight excluding hydrogens is 240 g/mol. The van der Waals surface area contributed by atoms with Crippen LogP contribution >= 0.6 is 0 Å². The van der Waals surface area contributed by atoms with E-state index >= 15 is 0 Å². The molecule has 0 aromatic heterocycles. The third-order valence-electron chi connectivity index (χ3n) is 2.77. The van der Waals surface area contributed by atoms with Gasteiger partial charge in [-0.2, -0.15) is 0 Å². The molecule has 0 heterocycles. The Morgan fingerprint density at radius 3 is 2.05 bits per heavy atom. The zero-order valence-electron chi connectivity index (χ0n) is 12.5. The summed E-state index contributed by atoms with van der Waals surface area (Å²) in [5.74, 6) is 2.35. The first-order valence-electron chi connectivity index (χ1n) is 6.79. The molecule has 2 N–H and O–H groups in total. The number of hydrogen-bond donors (Lipinski definition) is 2. The maximum Gasteiger partial charge on any atom is 0.122 e. The van der Waals surface area contributed by atoms with Crippen molar-refractivity contribution in [3.63, 3.8) is 0 Å². The number of nitrogens with one attached hydrogen (secondary N) is 2. The smallest absolute Gasteiger partial charge is 0.122 e. The molecule has 0 saturated heterocycles. The van der Waals surface area contributed by atoms with E-state index < -0.39 is 0 Å². The van der Waals surface area contributed by atoms with Gasteiger partial charge in [0.2, 0.25) is 0 Å². The van der Waals surface area contributed by atoms with Crippen LogP contribution in [0.25, 0.3) is 0 Å². The summed E-state index contributed by atoms with van der Waals surface area (Å²) in [4.78, 5) is 0. The van der Waals surface area contributed by atoms with Gasteiger partial charge in [-0.05, 0) is 30.2 Å². The Bertz CT molecular complexity index is 345. The predicted octanol–water partition coefficient (Wildman–Crippen LogP) is 2.04. The molecule has 0 unspecified atom stereocenters. The summed E-state index contributed by atoms with van der Waals surface area (Å²) < 4.78 is 10.5. The Balaban J connectivity index is 2.32. The Labute approximate surface area is 116 Å². The molecule has 0 aliphatic heterocycles. The van der Waals surface area contributed by atoms with Crippen molar-refractivity contribution in [2.75, 3.05) is 33.9 Å². The van der Waals surface area contributed by atoms with Gasteiger partial charge in [0.05, 0.1) is 14.2 Å². The predicted molar refractivity (Wildman–Crippen MR) is 79.0 cm³/mol. The Hall–Kier alpha value is -1.26. The summed E-state index contributed by atoms with van der Waals surface area (Å²) in [5, 5.41) is 6.81. The van der Waals surface area contributed by atoms with Gasteiger partial charge in [-0.1, -0.05) is 13.8 Å². The molecule has 19 heavy (non-hydrogen) atoms. The van der Waals surface area contributed by atoms with E-state index in [2.05, 4.69) is 24.5 Å². The van der Waals surface area contributed by atoms with Gasteiger partial charge < -0.3 is 20.1 Å². The van der Waals surface area contributed by atoms with Crippen LogP contribution in [-0.2, 0) is 6.54 Å². The minimum atomic E-state index is 0.697. The standard InChI is InChI=1S/C15H26N2O2/c1-12(2)10-16-5-6-17-11-13-7-14(18-3)9-15(8-13)19-4/h7-9,12,16-17H,5-6,10-11H2,1-4H3. The van der Waals surface area contributed by atoms with Gasteiger partial charge in [-0.25, -0.2) is 0 Å². The van der Waals surface area contributed by atoms with Crippen molar-refractivity contribution in [2.24, 2.45) is 5.92 Å². The van der Waals surface area contributed by atoms with Crippen molar-refractivity contribution in [1.82, 2.24) is 10.6 Å². The van der Waals surface area contributed by atoms with Gasteiger partial charge in [0, 0.05) is 25.7 Å². The van der Waals surface area contributed by atoms with Crippen molar-refractivity contribution >= 4 is 0 Å². The van der Waals surface area contributed by atoms with Crippen molar-refractivity contribution in [1.29, 1.82) is 0 Å². The van der Waals surface area contributed by atoms with Crippen molar-refractivity contribution in [3.05, 3.63) is 23.8 Å². The van der Waals surface area contributed by atoms with Gasteiger partial charge in [-0.3, -0.25) is 0 Å². The molecule has 108 valence electrons. The molecule has 1 rings (SSSR count). The Morgan fingerprint density at radius 1 is 0.947 bits per heavy atom. The molecule has 0 amide bonds. The molecule has 1 aromatic rings. The SMILES string of the molecule is COc1cc(CNCCNCC(C)C)cc(OC)c1. The number of methoxy groups -OCH3 is 2. The zero-order valence-corrected chi connectivity index (χ0v) is 12.5. The number of ether oxygens (including phenoxy) is 2. The fourth-order valence-corrected chi connectivity index (χ4v) is 1.77. The van der Waals surface area contributed by atoms with Crippen molar-refractivity contribution in [3.8, 4) is 11.5 Å². The van der Waals surface area contributed by atoms with Gasteiger partial charge in [0.15, 0.2) is 0 Å². The summed E-state index contributed by atoms with van der Waals surface area (Å²) in [6.45, 7) is 8.24. The lowest BCUT2D eigenvalue weighted by atomic mass is 10.2. The second kappa shape index (κ2) is 8.77. The number of hydrogen-bond acceptors (Lipinski definition) is 4. The maximum atomic E-state index is 5.25. The molecule has 0 aliphatic rings. The normalized spacial score (nSPS) is 10.8. The van der Waals surface area contributed by atoms with Gasteiger partial charge >= 0.3 is 0 Å². The van der Waals surface area contributed by atoms with Crippen LogP contribution < -0.4 is 20.1 Å². The first-order valence-corrected chi connectivity index (χ1v) is 6.79. The molecule has 0 spiro atoms. The van der Waals surface area contributed by atoms with Gasteiger partial charge in [0.25, 0.3) is 0 Å². The highest BCUT2D eigenvalue weighted by Crippen LogP contribution is 2.22. The van der Waals surface area contributed by atoms with E-state index in [1.807, 2.05) is 18.2 Å². The summed E-state index contributed by atoms with van der Waals surface area (Å²) in [7, 11) is 3.34. The van der Waals surface area contributed by atoms with Crippen LogP contribution in [-0.4, -0.2) is 33.9 Å². The Morgan fingerprint density at radius 2 is 1.53 bits per heavy atom. The number of benzene rings is 1. The van der Waals surface area contributed by atoms with E-state index in [4.69, 9.17) is 9.47 Å². The van der Waals surface area contributed by atoms with E-state index in [-0.39, 0.29) is 0 Å². The summed E-state index contributed by atoms with van der Waals surface area (Å²) in [6.07, 6.45) is 0. The second-order valence-corrected chi connectivity index (χ2v) is 5.00. The first-order chi connectivity index (χ1) is 9.15. The fraction of sp³-hybridized carbons (Fsp3) is 0.600. The lowest BCUT2D eigenvalue weighted by molar-refractivity contribution is 0.393. The highest BCUT2D eigenvalue weighted by atomic mass is 16.5. The molecular formula is C15H26N2O2. The van der Waals surface area contributed by atoms with E-state index in [0.29, 0.717) is 5.92 Å². The van der Waals surface area contributed by atoms with E-state index in [1.54, 1.807) is 14.2 Å². The molecule has 1 aromatic carbocycles.